The second kappa shape index (κ2) is 13.9. The van der Waals surface area contributed by atoms with E-state index in [-0.39, 0.29) is 42.8 Å². The Labute approximate surface area is 270 Å². The number of ether oxygens (including phenoxy) is 1. The van der Waals surface area contributed by atoms with E-state index in [4.69, 9.17) is 4.74 Å². The van der Waals surface area contributed by atoms with Crippen molar-refractivity contribution >= 4 is 44.1 Å². The van der Waals surface area contributed by atoms with Crippen molar-refractivity contribution in [1.82, 2.24) is 9.21 Å². The van der Waals surface area contributed by atoms with Gasteiger partial charge in [0.2, 0.25) is 15.9 Å². The van der Waals surface area contributed by atoms with Gasteiger partial charge in [0.05, 0.1) is 36.2 Å². The summed E-state index contributed by atoms with van der Waals surface area (Å²) in [6.07, 6.45) is -0.659. The molecule has 5 rings (SSSR count). The molecule has 3 atom stereocenters. The van der Waals surface area contributed by atoms with Crippen molar-refractivity contribution in [3.05, 3.63) is 96.1 Å². The topological polar surface area (TPSA) is 128 Å². The molecule has 4 aromatic carbocycles. The van der Waals surface area contributed by atoms with Crippen LogP contribution in [0.3, 0.4) is 0 Å². The summed E-state index contributed by atoms with van der Waals surface area (Å²) in [5, 5.41) is 17.6. The minimum absolute atomic E-state index is 0.0276. The highest BCUT2D eigenvalue weighted by molar-refractivity contribution is 7.89. The van der Waals surface area contributed by atoms with E-state index < -0.39 is 28.2 Å². The first-order valence-corrected chi connectivity index (χ1v) is 16.7. The molecular weight excluding hydrogens is 604 g/mol. The first kappa shape index (κ1) is 32.9. The number of fused-ring (bicyclic) bond motifs is 2. The number of anilines is 2. The van der Waals surface area contributed by atoms with E-state index in [1.54, 1.807) is 54.3 Å². The SMILES string of the molecule is Cc1ccc(S(=O)(=O)N(C)C[C@H]2Oc3ccc(NC(=O)Nc4cccc5ccccc45)cc3CC(=O)N([C@H](C)CO)C[C@H]2C)cc1. The number of aliphatic hydroxyl groups excluding tert-OH is 1. The Kier molecular flexibility index (Phi) is 9.95. The van der Waals surface area contributed by atoms with Gasteiger partial charge in [0.25, 0.3) is 0 Å². The van der Waals surface area contributed by atoms with Crippen molar-refractivity contribution in [1.29, 1.82) is 0 Å². The van der Waals surface area contributed by atoms with Gasteiger partial charge in [0, 0.05) is 36.1 Å². The molecule has 4 aromatic rings. The largest absolute Gasteiger partial charge is 0.488 e. The number of carbonyl (C=O) groups is 2. The molecule has 0 fully saturated rings. The van der Waals surface area contributed by atoms with Gasteiger partial charge in [-0.25, -0.2) is 13.2 Å². The third-order valence-electron chi connectivity index (χ3n) is 8.38. The molecule has 1 aliphatic heterocycles. The van der Waals surface area contributed by atoms with Crippen LogP contribution < -0.4 is 15.4 Å². The van der Waals surface area contributed by atoms with Crippen LogP contribution in [0.2, 0.25) is 0 Å². The number of nitrogens with zero attached hydrogens (tertiary/aromatic N) is 2. The number of benzene rings is 4. The third kappa shape index (κ3) is 7.33. The number of sulfonamides is 1. The van der Waals surface area contributed by atoms with Gasteiger partial charge in [-0.05, 0) is 55.6 Å². The standard InChI is InChI=1S/C35H40N4O6S/c1-23-12-15-29(16-13-23)46(43,44)38(4)21-33-24(2)20-39(25(3)22-40)34(41)19-27-18-28(14-17-32(27)45-33)36-35(42)37-31-11-7-9-26-8-5-6-10-30(26)31/h5-18,24-25,33,40H,19-22H2,1-4H3,(H2,36,37,42)/t24-,25-,33-/m1/s1. The number of urea groups is 1. The maximum atomic E-state index is 13.6. The third-order valence-corrected chi connectivity index (χ3v) is 10.2. The van der Waals surface area contributed by atoms with Crippen LogP contribution in [0.25, 0.3) is 10.8 Å². The molecule has 46 heavy (non-hydrogen) atoms. The van der Waals surface area contributed by atoms with Crippen LogP contribution in [0.1, 0.15) is 25.0 Å². The molecule has 0 unspecified atom stereocenters. The number of amides is 3. The molecule has 0 bridgehead atoms. The molecule has 0 spiro atoms. The Morgan fingerprint density at radius 3 is 2.50 bits per heavy atom. The highest BCUT2D eigenvalue weighted by atomic mass is 32.2. The summed E-state index contributed by atoms with van der Waals surface area (Å²) in [7, 11) is -2.30. The second-order valence-electron chi connectivity index (χ2n) is 11.9. The van der Waals surface area contributed by atoms with Crippen molar-refractivity contribution in [2.24, 2.45) is 5.92 Å². The van der Waals surface area contributed by atoms with Gasteiger partial charge < -0.3 is 25.4 Å². The Morgan fingerprint density at radius 1 is 1.04 bits per heavy atom. The van der Waals surface area contributed by atoms with Crippen LogP contribution in [-0.2, 0) is 21.2 Å². The molecule has 0 radical (unpaired) electrons. The van der Waals surface area contributed by atoms with E-state index in [9.17, 15) is 23.1 Å². The Morgan fingerprint density at radius 2 is 1.76 bits per heavy atom. The number of hydrogen-bond donors (Lipinski definition) is 3. The van der Waals surface area contributed by atoms with E-state index in [1.807, 2.05) is 56.3 Å². The van der Waals surface area contributed by atoms with Gasteiger partial charge in [-0.15, -0.1) is 0 Å². The molecule has 3 N–H and O–H groups in total. The molecule has 10 nitrogen and oxygen atoms in total. The fourth-order valence-corrected chi connectivity index (χ4v) is 6.77. The van der Waals surface area contributed by atoms with E-state index >= 15 is 0 Å². The van der Waals surface area contributed by atoms with Gasteiger partial charge in [-0.2, -0.15) is 4.31 Å². The zero-order valence-electron chi connectivity index (χ0n) is 26.4. The number of rotatable bonds is 8. The number of nitrogens with one attached hydrogen (secondary N) is 2. The lowest BCUT2D eigenvalue weighted by Crippen LogP contribution is -2.48. The predicted octanol–water partition coefficient (Wildman–Crippen LogP) is 5.26. The highest BCUT2D eigenvalue weighted by Gasteiger charge is 2.33. The van der Waals surface area contributed by atoms with E-state index in [2.05, 4.69) is 10.6 Å². The molecule has 1 heterocycles. The molecular formula is C35H40N4O6S. The van der Waals surface area contributed by atoms with Gasteiger partial charge in [0.15, 0.2) is 0 Å². The van der Waals surface area contributed by atoms with E-state index in [1.165, 1.54) is 11.4 Å². The lowest BCUT2D eigenvalue weighted by Gasteiger charge is -2.33. The fourth-order valence-electron chi connectivity index (χ4n) is 5.59. The number of carbonyl (C=O) groups excluding carboxylic acids is 2. The predicted molar refractivity (Wildman–Crippen MR) is 180 cm³/mol. The van der Waals surface area contributed by atoms with Crippen LogP contribution in [0.5, 0.6) is 5.75 Å². The van der Waals surface area contributed by atoms with Gasteiger partial charge in [-0.3, -0.25) is 4.79 Å². The number of aryl methyl sites for hydroxylation is 1. The fraction of sp³-hybridized carbons (Fsp3) is 0.314. The van der Waals surface area contributed by atoms with Crippen molar-refractivity contribution < 1.29 is 27.9 Å². The average Bonchev–Trinajstić information content (AvgIpc) is 3.08. The van der Waals surface area contributed by atoms with Gasteiger partial charge in [-0.1, -0.05) is 61.0 Å². The molecule has 0 aliphatic carbocycles. The van der Waals surface area contributed by atoms with Crippen LogP contribution in [0, 0.1) is 12.8 Å². The summed E-state index contributed by atoms with van der Waals surface area (Å²) in [5.74, 6) is -0.0782. The summed E-state index contributed by atoms with van der Waals surface area (Å²) < 4.78 is 34.6. The minimum atomic E-state index is -3.81. The van der Waals surface area contributed by atoms with Gasteiger partial charge >= 0.3 is 6.03 Å². The molecule has 0 saturated carbocycles. The molecule has 3 amide bonds. The summed E-state index contributed by atoms with van der Waals surface area (Å²) >= 11 is 0. The number of likely N-dealkylation sites (N-methyl/N-ethyl adjacent to an activating group) is 1. The summed E-state index contributed by atoms with van der Waals surface area (Å²) in [6.45, 7) is 5.62. The molecule has 0 saturated heterocycles. The normalized spacial score (nSPS) is 17.8. The molecule has 0 aromatic heterocycles. The van der Waals surface area contributed by atoms with Crippen molar-refractivity contribution in [3.8, 4) is 5.75 Å². The monoisotopic (exact) mass is 644 g/mol. The average molecular weight is 645 g/mol. The maximum Gasteiger partial charge on any atom is 0.323 e. The number of aliphatic hydroxyl groups is 1. The van der Waals surface area contributed by atoms with Crippen LogP contribution >= 0.6 is 0 Å². The summed E-state index contributed by atoms with van der Waals surface area (Å²) in [6, 6.07) is 24.2. The van der Waals surface area contributed by atoms with Crippen LogP contribution in [0.4, 0.5) is 16.2 Å². The number of hydrogen-bond acceptors (Lipinski definition) is 6. The van der Waals surface area contributed by atoms with E-state index in [0.717, 1.165) is 16.3 Å². The zero-order chi connectivity index (χ0) is 33.0. The first-order chi connectivity index (χ1) is 22.0. The van der Waals surface area contributed by atoms with Crippen molar-refractivity contribution in [2.75, 3.05) is 37.4 Å². The zero-order valence-corrected chi connectivity index (χ0v) is 27.3. The minimum Gasteiger partial charge on any atom is -0.488 e. The van der Waals surface area contributed by atoms with Crippen LogP contribution in [0.15, 0.2) is 89.8 Å². The van der Waals surface area contributed by atoms with Gasteiger partial charge in [0.1, 0.15) is 11.9 Å². The van der Waals surface area contributed by atoms with Crippen LogP contribution in [-0.4, -0.2) is 73.6 Å². The maximum absolute atomic E-state index is 13.6. The highest BCUT2D eigenvalue weighted by Crippen LogP contribution is 2.30. The lowest BCUT2D eigenvalue weighted by molar-refractivity contribution is -0.134. The Balaban J connectivity index is 1.41. The molecule has 1 aliphatic rings. The molecule has 242 valence electrons. The lowest BCUT2D eigenvalue weighted by atomic mass is 10.0. The quantitative estimate of drug-likeness (QED) is 0.240. The van der Waals surface area contributed by atoms with E-state index in [0.29, 0.717) is 22.7 Å². The second-order valence-corrected chi connectivity index (χ2v) is 14.0. The van der Waals surface area contributed by atoms with Crippen molar-refractivity contribution in [2.45, 2.75) is 44.2 Å². The molecule has 11 heteroatoms. The summed E-state index contributed by atoms with van der Waals surface area (Å²) in [5.41, 5.74) is 2.60. The van der Waals surface area contributed by atoms with Crippen molar-refractivity contribution in [3.63, 3.8) is 0 Å². The summed E-state index contributed by atoms with van der Waals surface area (Å²) in [4.78, 5) is 28.4. The Bertz CT molecular complexity index is 1820. The Hall–Kier alpha value is -4.45. The first-order valence-electron chi connectivity index (χ1n) is 15.2. The smallest absolute Gasteiger partial charge is 0.323 e.